The molecule has 0 amide bonds. The van der Waals surface area contributed by atoms with Gasteiger partial charge in [0.15, 0.2) is 0 Å². The van der Waals surface area contributed by atoms with Crippen LogP contribution in [-0.2, 0) is 30.4 Å². The lowest BCUT2D eigenvalue weighted by atomic mass is 9.78. The number of aryl methyl sites for hydroxylation is 1. The SMILES string of the molecule is [2H]C([2H])(O/N=C(\C)c1ccc(C([2H])([2H])N2CCC2)c(C([2H])([2H])C([2H])([2H])[2H])c1)c1ccc(C2C([2H])([2H])C([2H])([2H])C([2H])(C)C([2H])([2H])C2([2H])[2H])c(C(F)(F)F)c1. The van der Waals surface area contributed by atoms with E-state index in [4.69, 9.17) is 29.5 Å². The number of rotatable bonds is 8. The first-order chi connectivity index (χ1) is 23.5. The molecule has 4 rings (SSSR count). The molecule has 6 heteroatoms. The zero-order valence-electron chi connectivity index (χ0n) is 37.1. The van der Waals surface area contributed by atoms with Gasteiger partial charge in [-0.3, -0.25) is 4.90 Å². The van der Waals surface area contributed by atoms with Crippen LogP contribution in [0.25, 0.3) is 0 Å². The number of alkyl halides is 3. The molecule has 0 atom stereocenters. The summed E-state index contributed by atoms with van der Waals surface area (Å²) in [5, 5.41) is 3.64. The average molecular weight is 505 g/mol. The van der Waals surface area contributed by atoms with E-state index in [9.17, 15) is 13.2 Å². The summed E-state index contributed by atoms with van der Waals surface area (Å²) in [6, 6.07) is 4.76. The van der Waals surface area contributed by atoms with Gasteiger partial charge in [-0.15, -0.1) is 0 Å². The summed E-state index contributed by atoms with van der Waals surface area (Å²) in [6.07, 6.45) is -22.1. The van der Waals surface area contributed by atoms with Gasteiger partial charge in [0, 0.05) is 28.4 Å². The Bertz CT molecular complexity index is 1740. The van der Waals surface area contributed by atoms with Gasteiger partial charge in [0.1, 0.15) is 6.56 Å². The molecule has 1 aliphatic carbocycles. The number of halogens is 3. The molecule has 0 aromatic heterocycles. The van der Waals surface area contributed by atoms with Crippen molar-refractivity contribution in [3.63, 3.8) is 0 Å². The predicted molar refractivity (Wildman–Crippen MR) is 135 cm³/mol. The van der Waals surface area contributed by atoms with Crippen molar-refractivity contribution in [2.24, 2.45) is 11.0 Å². The van der Waals surface area contributed by atoms with Gasteiger partial charge in [-0.25, -0.2) is 0 Å². The van der Waals surface area contributed by atoms with Crippen molar-refractivity contribution in [1.82, 2.24) is 4.90 Å². The Morgan fingerprint density at radius 3 is 2.60 bits per heavy atom. The second-order valence-corrected chi connectivity index (χ2v) is 8.10. The topological polar surface area (TPSA) is 24.8 Å². The van der Waals surface area contributed by atoms with E-state index in [2.05, 4.69) is 5.16 Å². The fourth-order valence-corrected chi connectivity index (χ4v) is 3.47. The minimum atomic E-state index is -5.45. The molecule has 1 saturated carbocycles. The maximum absolute atomic E-state index is 14.6. The maximum atomic E-state index is 14.6. The van der Waals surface area contributed by atoms with Gasteiger partial charge < -0.3 is 4.84 Å². The Morgan fingerprint density at radius 1 is 1.17 bits per heavy atom. The van der Waals surface area contributed by atoms with Crippen molar-refractivity contribution in [2.75, 3.05) is 13.1 Å². The smallest absolute Gasteiger partial charge is 0.391 e. The van der Waals surface area contributed by atoms with Crippen LogP contribution in [0.3, 0.4) is 0 Å². The van der Waals surface area contributed by atoms with E-state index in [1.807, 2.05) is 0 Å². The summed E-state index contributed by atoms with van der Waals surface area (Å²) in [5.74, 6) is -5.89. The van der Waals surface area contributed by atoms with E-state index in [1.165, 1.54) is 17.9 Å². The van der Waals surface area contributed by atoms with Crippen LogP contribution in [0.5, 0.6) is 0 Å². The van der Waals surface area contributed by atoms with Gasteiger partial charge in [-0.2, -0.15) is 13.2 Å². The molecule has 3 nitrogen and oxygen atoms in total. The molecule has 2 aliphatic rings. The highest BCUT2D eigenvalue weighted by Crippen LogP contribution is 2.42. The monoisotopic (exact) mass is 504 g/mol. The van der Waals surface area contributed by atoms with Crippen LogP contribution in [0.15, 0.2) is 41.6 Å². The zero-order valence-corrected chi connectivity index (χ0v) is 19.1. The molecule has 1 saturated heterocycles. The van der Waals surface area contributed by atoms with Crippen LogP contribution in [0.2, 0.25) is 0 Å². The van der Waals surface area contributed by atoms with E-state index in [0.29, 0.717) is 38.6 Å². The number of nitrogens with zero attached hydrogens (tertiary/aromatic N) is 2. The lowest BCUT2D eigenvalue weighted by molar-refractivity contribution is -0.138. The zero-order chi connectivity index (χ0) is 41.0. The summed E-state index contributed by atoms with van der Waals surface area (Å²) in [7, 11) is 0. The van der Waals surface area contributed by atoms with Crippen molar-refractivity contribution >= 4 is 5.71 Å². The van der Waals surface area contributed by atoms with Gasteiger partial charge >= 0.3 is 6.18 Å². The maximum Gasteiger partial charge on any atom is 0.416 e. The van der Waals surface area contributed by atoms with Crippen LogP contribution in [-0.4, -0.2) is 23.7 Å². The van der Waals surface area contributed by atoms with Gasteiger partial charge in [0.05, 0.1) is 14.0 Å². The van der Waals surface area contributed by atoms with Crippen molar-refractivity contribution in [1.29, 1.82) is 0 Å². The van der Waals surface area contributed by atoms with Crippen LogP contribution in [0.4, 0.5) is 13.2 Å². The molecule has 2 aromatic rings. The van der Waals surface area contributed by atoms with E-state index >= 15 is 0 Å². The highest BCUT2D eigenvalue weighted by molar-refractivity contribution is 5.98. The molecule has 0 N–H and O–H groups in total. The molecule has 0 radical (unpaired) electrons. The normalized spacial score (nSPS) is 38.7. The Kier molecular flexibility index (Phi) is 3.62. The standard InChI is InChI=1S/C29H37F3N2O/c1-4-23-17-25(11-12-26(23)18-34-14-5-15-34)21(3)33-35-19-22-8-13-27(28(16-22)29(30,31)32)24-9-6-20(2)7-10-24/h8,11-13,16-17,20,24H,4-7,9-10,14-15,18-19H2,1-3H3/b33-21+/i1D3,4D2,6D2,7D2,9D2,10D2,18D2,19D2,20D. The minimum Gasteiger partial charge on any atom is -0.391 e. The van der Waals surface area contributed by atoms with Crippen LogP contribution < -0.4 is 0 Å². The van der Waals surface area contributed by atoms with E-state index in [-0.39, 0.29) is 22.9 Å². The third kappa shape index (κ3) is 6.46. The number of benzene rings is 2. The molecule has 0 bridgehead atoms. The van der Waals surface area contributed by atoms with Gasteiger partial charge in [0.2, 0.25) is 0 Å². The van der Waals surface area contributed by atoms with E-state index in [0.717, 1.165) is 12.1 Å². The lowest BCUT2D eigenvalue weighted by Crippen LogP contribution is -2.36. The average Bonchev–Trinajstić information content (AvgIpc) is 2.96. The largest absolute Gasteiger partial charge is 0.416 e. The molecule has 190 valence electrons. The van der Waals surface area contributed by atoms with E-state index in [1.54, 1.807) is 0 Å². The molecule has 2 fully saturated rings. The first-order valence-corrected chi connectivity index (χ1v) is 10.9. The number of likely N-dealkylation sites (tertiary alicyclic amines) is 1. The predicted octanol–water partition coefficient (Wildman–Crippen LogP) is 7.71. The highest BCUT2D eigenvalue weighted by Gasteiger charge is 2.36. The molecular weight excluding hydrogens is 449 g/mol. The fraction of sp³-hybridized carbons (Fsp3) is 0.552. The Labute approximate surface area is 232 Å². The molecule has 1 heterocycles. The Balaban J connectivity index is 1.79. The number of oxime groups is 1. The molecule has 0 spiro atoms. The highest BCUT2D eigenvalue weighted by atomic mass is 19.4. The third-order valence-corrected chi connectivity index (χ3v) is 5.53. The number of hydrogen-bond acceptors (Lipinski definition) is 3. The molecule has 0 unspecified atom stereocenters. The van der Waals surface area contributed by atoms with Crippen molar-refractivity contribution in [3.8, 4) is 0 Å². The first kappa shape index (κ1) is 11.4. The lowest BCUT2D eigenvalue weighted by Gasteiger charge is -2.31. The van der Waals surface area contributed by atoms with Crippen molar-refractivity contribution in [3.05, 3.63) is 69.8 Å². The Hall–Kier alpha value is -2.34. The molecular formula is C29H37F3N2O. The summed E-state index contributed by atoms with van der Waals surface area (Å²) in [4.78, 5) is 6.37. The fourth-order valence-electron chi connectivity index (χ4n) is 3.47. The van der Waals surface area contributed by atoms with Crippen LogP contribution in [0, 0.1) is 5.89 Å². The Morgan fingerprint density at radius 2 is 1.94 bits per heavy atom. The quantitative estimate of drug-likeness (QED) is 0.272. The summed E-state index contributed by atoms with van der Waals surface area (Å²) in [5.41, 5.74) is -5.04. The summed E-state index contributed by atoms with van der Waals surface area (Å²) < 4.78 is 193. The van der Waals surface area contributed by atoms with Gasteiger partial charge in [0.25, 0.3) is 0 Å². The van der Waals surface area contributed by atoms with Gasteiger partial charge in [-0.1, -0.05) is 55.9 Å². The van der Waals surface area contributed by atoms with Crippen LogP contribution in [0.1, 0.15) is 117 Å². The van der Waals surface area contributed by atoms with E-state index < -0.39 is 92.0 Å². The molecule has 35 heavy (non-hydrogen) atoms. The van der Waals surface area contributed by atoms with Gasteiger partial charge in [-0.05, 0) is 97.3 Å². The third-order valence-electron chi connectivity index (χ3n) is 5.53. The minimum absolute atomic E-state index is 0.0508. The second kappa shape index (κ2) is 11.2. The molecule has 1 aliphatic heterocycles. The number of hydrogen-bond donors (Lipinski definition) is 0. The van der Waals surface area contributed by atoms with Crippen molar-refractivity contribution < 1.29 is 42.7 Å². The second-order valence-electron chi connectivity index (χ2n) is 8.10. The van der Waals surface area contributed by atoms with Crippen molar-refractivity contribution in [2.45, 2.75) is 84.1 Å². The van der Waals surface area contributed by atoms with Crippen LogP contribution >= 0.6 is 0 Å². The summed E-state index contributed by atoms with van der Waals surface area (Å²) >= 11 is 0. The first-order valence-electron chi connectivity index (χ1n) is 19.9. The molecule has 2 aromatic carbocycles. The summed E-state index contributed by atoms with van der Waals surface area (Å²) in [6.45, 7) is -6.22.